The SMILES string of the molecule is COc1cc2c(Oc3ccc(N(C(=O)C4(C(N)=O)CC4)c4ccc(F)cc4)cc3F)ccnc2cc1SCCCCCNC(=O)CS. The van der Waals surface area contributed by atoms with Gasteiger partial charge >= 0.3 is 0 Å². The highest BCUT2D eigenvalue weighted by atomic mass is 32.2. The number of hydrogen-bond acceptors (Lipinski definition) is 8. The molecule has 0 saturated heterocycles. The van der Waals surface area contributed by atoms with Crippen molar-refractivity contribution < 1.29 is 32.6 Å². The lowest BCUT2D eigenvalue weighted by molar-refractivity contribution is -0.133. The minimum Gasteiger partial charge on any atom is -0.496 e. The third kappa shape index (κ3) is 7.79. The maximum Gasteiger partial charge on any atom is 0.247 e. The summed E-state index contributed by atoms with van der Waals surface area (Å²) in [5.74, 6) is -0.839. The minimum absolute atomic E-state index is 0.0763. The number of ether oxygens (including phenoxy) is 2. The fourth-order valence-electron chi connectivity index (χ4n) is 5.07. The molecule has 0 bridgehead atoms. The van der Waals surface area contributed by atoms with Crippen molar-refractivity contribution >= 4 is 64.4 Å². The average Bonchev–Trinajstić information content (AvgIpc) is 3.89. The van der Waals surface area contributed by atoms with Crippen molar-refractivity contribution in [2.24, 2.45) is 11.1 Å². The molecule has 3 amide bonds. The largest absolute Gasteiger partial charge is 0.496 e. The maximum absolute atomic E-state index is 15.6. The number of nitrogens with one attached hydrogen (secondary N) is 1. The molecule has 0 radical (unpaired) electrons. The van der Waals surface area contributed by atoms with E-state index >= 15 is 4.39 Å². The second kappa shape index (κ2) is 15.0. The molecule has 0 unspecified atom stereocenters. The lowest BCUT2D eigenvalue weighted by atomic mass is 10.0. The van der Waals surface area contributed by atoms with Gasteiger partial charge in [0.2, 0.25) is 17.7 Å². The van der Waals surface area contributed by atoms with E-state index in [9.17, 15) is 18.8 Å². The number of carbonyl (C=O) groups is 3. The van der Waals surface area contributed by atoms with Crippen molar-refractivity contribution in [3.05, 3.63) is 78.5 Å². The molecule has 1 saturated carbocycles. The smallest absolute Gasteiger partial charge is 0.247 e. The Bertz CT molecular complexity index is 1790. The van der Waals surface area contributed by atoms with E-state index in [0.29, 0.717) is 28.9 Å². The Morgan fingerprint density at radius 3 is 2.38 bits per heavy atom. The van der Waals surface area contributed by atoms with Crippen LogP contribution in [0.1, 0.15) is 32.1 Å². The van der Waals surface area contributed by atoms with Crippen LogP contribution in [-0.4, -0.2) is 47.9 Å². The Labute approximate surface area is 280 Å². The van der Waals surface area contributed by atoms with Crippen LogP contribution >= 0.6 is 24.4 Å². The number of halogens is 2. The number of nitrogens with two attached hydrogens (primary N) is 1. The number of unbranched alkanes of at least 4 members (excludes halogenated alkanes) is 2. The van der Waals surface area contributed by atoms with Crippen LogP contribution < -0.4 is 25.4 Å². The normalized spacial score (nSPS) is 13.2. The summed E-state index contributed by atoms with van der Waals surface area (Å²) in [6.07, 6.45) is 4.90. The maximum atomic E-state index is 15.6. The van der Waals surface area contributed by atoms with Crippen molar-refractivity contribution in [2.75, 3.05) is 30.1 Å². The van der Waals surface area contributed by atoms with E-state index in [-0.39, 0.29) is 41.6 Å². The molecule has 246 valence electrons. The quantitative estimate of drug-likeness (QED) is 0.0563. The van der Waals surface area contributed by atoms with Crippen molar-refractivity contribution in [1.82, 2.24) is 10.3 Å². The van der Waals surface area contributed by atoms with Gasteiger partial charge in [0, 0.05) is 29.9 Å². The van der Waals surface area contributed by atoms with Crippen molar-refractivity contribution in [3.63, 3.8) is 0 Å². The molecule has 1 aromatic heterocycles. The van der Waals surface area contributed by atoms with Gasteiger partial charge in [0.25, 0.3) is 0 Å². The van der Waals surface area contributed by atoms with E-state index in [1.165, 1.54) is 41.3 Å². The summed E-state index contributed by atoms with van der Waals surface area (Å²) in [5, 5.41) is 3.42. The standard InChI is InChI=1S/C34H34F2N4O5S2/c1-44-29-18-24-26(19-30(29)47-16-4-2-3-14-39-31(41)20-46)38-15-11-27(24)45-28-10-9-23(17-25(28)36)40(22-7-5-21(35)6-8-22)33(43)34(12-13-34)32(37)42/h5-11,15,17-19,46H,2-4,12-14,16,20H2,1H3,(H2,37,42)(H,39,41). The Hall–Kier alpha value is -4.36. The number of pyridine rings is 1. The van der Waals surface area contributed by atoms with Gasteiger partial charge in [-0.05, 0) is 86.0 Å². The zero-order valence-corrected chi connectivity index (χ0v) is 27.3. The number of nitrogens with zero attached hydrogens (tertiary/aromatic N) is 2. The number of methoxy groups -OCH3 is 1. The van der Waals surface area contributed by atoms with Crippen LogP contribution in [0.3, 0.4) is 0 Å². The molecule has 0 spiro atoms. The third-order valence-electron chi connectivity index (χ3n) is 7.84. The Morgan fingerprint density at radius 2 is 1.72 bits per heavy atom. The molecule has 3 aromatic carbocycles. The molecule has 47 heavy (non-hydrogen) atoms. The second-order valence-electron chi connectivity index (χ2n) is 11.0. The molecule has 1 aliphatic carbocycles. The zero-order chi connectivity index (χ0) is 33.6. The molecule has 9 nitrogen and oxygen atoms in total. The highest BCUT2D eigenvalue weighted by Gasteiger charge is 2.57. The summed E-state index contributed by atoms with van der Waals surface area (Å²) >= 11 is 5.58. The molecule has 0 atom stereocenters. The summed E-state index contributed by atoms with van der Waals surface area (Å²) in [6.45, 7) is 0.625. The molecule has 1 fully saturated rings. The number of thioether (sulfide) groups is 1. The van der Waals surface area contributed by atoms with E-state index < -0.39 is 28.9 Å². The predicted molar refractivity (Wildman–Crippen MR) is 181 cm³/mol. The van der Waals surface area contributed by atoms with E-state index in [1.54, 1.807) is 37.2 Å². The lowest BCUT2D eigenvalue weighted by Crippen LogP contribution is -2.41. The number of anilines is 2. The van der Waals surface area contributed by atoms with Gasteiger partial charge in [-0.15, -0.1) is 11.8 Å². The molecular formula is C34H34F2N4O5S2. The average molecular weight is 681 g/mol. The first-order valence-electron chi connectivity index (χ1n) is 15.0. The van der Waals surface area contributed by atoms with Crippen molar-refractivity contribution in [2.45, 2.75) is 37.0 Å². The van der Waals surface area contributed by atoms with Gasteiger partial charge in [-0.1, -0.05) is 6.42 Å². The number of amides is 3. The van der Waals surface area contributed by atoms with Gasteiger partial charge in [0.05, 0.1) is 29.0 Å². The lowest BCUT2D eigenvalue weighted by Gasteiger charge is -2.26. The van der Waals surface area contributed by atoms with Gasteiger partial charge in [-0.2, -0.15) is 12.6 Å². The molecule has 1 heterocycles. The van der Waals surface area contributed by atoms with Crippen LogP contribution in [0.4, 0.5) is 20.2 Å². The van der Waals surface area contributed by atoms with Gasteiger partial charge in [-0.3, -0.25) is 24.3 Å². The summed E-state index contributed by atoms with van der Waals surface area (Å²) in [4.78, 5) is 43.6. The first-order chi connectivity index (χ1) is 22.7. The van der Waals surface area contributed by atoms with Crippen molar-refractivity contribution in [3.8, 4) is 17.2 Å². The summed E-state index contributed by atoms with van der Waals surface area (Å²) in [6, 6.07) is 14.4. The van der Waals surface area contributed by atoms with Gasteiger partial charge in [0.1, 0.15) is 22.7 Å². The first-order valence-corrected chi connectivity index (χ1v) is 16.6. The monoisotopic (exact) mass is 680 g/mol. The fourth-order valence-corrected chi connectivity index (χ4v) is 6.23. The third-order valence-corrected chi connectivity index (χ3v) is 9.25. The summed E-state index contributed by atoms with van der Waals surface area (Å²) in [5.41, 5.74) is 5.18. The molecule has 1 aliphatic rings. The summed E-state index contributed by atoms with van der Waals surface area (Å²) in [7, 11) is 1.57. The van der Waals surface area contributed by atoms with E-state index in [4.69, 9.17) is 15.2 Å². The van der Waals surface area contributed by atoms with E-state index in [0.717, 1.165) is 36.0 Å². The number of primary amides is 1. The zero-order valence-electron chi connectivity index (χ0n) is 25.6. The molecular weight excluding hydrogens is 647 g/mol. The topological polar surface area (TPSA) is 124 Å². The Kier molecular flexibility index (Phi) is 10.9. The Morgan fingerprint density at radius 1 is 0.979 bits per heavy atom. The first kappa shape index (κ1) is 34.0. The second-order valence-corrected chi connectivity index (χ2v) is 12.5. The molecule has 4 aromatic rings. The van der Waals surface area contributed by atoms with Crippen LogP contribution in [0.25, 0.3) is 10.9 Å². The summed E-state index contributed by atoms with van der Waals surface area (Å²) < 4.78 is 41.0. The number of rotatable bonds is 15. The highest BCUT2D eigenvalue weighted by Crippen LogP contribution is 2.49. The number of carbonyl (C=O) groups excluding carboxylic acids is 3. The minimum atomic E-state index is -1.39. The molecule has 0 aliphatic heterocycles. The van der Waals surface area contributed by atoms with E-state index in [2.05, 4.69) is 22.9 Å². The number of fused-ring (bicyclic) bond motifs is 1. The van der Waals surface area contributed by atoms with Crippen LogP contribution in [0.2, 0.25) is 0 Å². The van der Waals surface area contributed by atoms with Crippen LogP contribution in [0.5, 0.6) is 17.2 Å². The highest BCUT2D eigenvalue weighted by molar-refractivity contribution is 7.99. The van der Waals surface area contributed by atoms with Crippen LogP contribution in [0.15, 0.2) is 71.8 Å². The molecule has 13 heteroatoms. The number of thiol groups is 1. The fraction of sp³-hybridized carbons (Fsp3) is 0.294. The van der Waals surface area contributed by atoms with Crippen molar-refractivity contribution in [1.29, 1.82) is 0 Å². The number of benzene rings is 3. The predicted octanol–water partition coefficient (Wildman–Crippen LogP) is 6.55. The number of hydrogen-bond donors (Lipinski definition) is 3. The van der Waals surface area contributed by atoms with Gasteiger partial charge in [0.15, 0.2) is 11.6 Å². The van der Waals surface area contributed by atoms with Gasteiger partial charge in [-0.25, -0.2) is 8.78 Å². The molecule has 5 rings (SSSR count). The van der Waals surface area contributed by atoms with E-state index in [1.807, 2.05) is 6.07 Å². The number of aromatic nitrogens is 1. The Balaban J connectivity index is 1.34. The van der Waals surface area contributed by atoms with Crippen LogP contribution in [0, 0.1) is 17.0 Å². The molecule has 3 N–H and O–H groups in total. The van der Waals surface area contributed by atoms with Crippen LogP contribution in [-0.2, 0) is 14.4 Å². The van der Waals surface area contributed by atoms with Gasteiger partial charge < -0.3 is 20.5 Å².